The number of rotatable bonds is 12. The summed E-state index contributed by atoms with van der Waals surface area (Å²) in [6, 6.07) is 20.7. The molecule has 0 spiro atoms. The molecule has 0 aromatic heterocycles. The van der Waals surface area contributed by atoms with Gasteiger partial charge >= 0.3 is 0 Å². The number of carbonyl (C=O) groups is 2. The number of aryl methyl sites for hydroxylation is 3. The standard InChI is InChI=1S/C32H41N3O4S/c1-7-27-14-9-10-15-30(27)35(40(38,39)28-18-16-24(5)17-19-28)22-31(36)34(21-26-13-11-12-25(6)20-26)29(8-2)32(37)33-23(3)4/h9-20,23,29H,7-8,21-22H2,1-6H3,(H,33,37)/t29-/m1/s1. The number of carbonyl (C=O) groups excluding carboxylic acids is 2. The van der Waals surface area contributed by atoms with Crippen molar-refractivity contribution < 1.29 is 18.0 Å². The number of amides is 2. The summed E-state index contributed by atoms with van der Waals surface area (Å²) in [7, 11) is -4.10. The van der Waals surface area contributed by atoms with E-state index in [0.717, 1.165) is 22.3 Å². The zero-order chi connectivity index (χ0) is 29.4. The Bertz CT molecular complexity index is 1420. The van der Waals surface area contributed by atoms with E-state index < -0.39 is 28.5 Å². The molecule has 0 heterocycles. The van der Waals surface area contributed by atoms with Crippen LogP contribution in [0.15, 0.2) is 77.7 Å². The van der Waals surface area contributed by atoms with Crippen LogP contribution in [-0.2, 0) is 32.6 Å². The van der Waals surface area contributed by atoms with Crippen LogP contribution in [0.1, 0.15) is 56.4 Å². The Kier molecular flexibility index (Phi) is 10.5. The van der Waals surface area contributed by atoms with Gasteiger partial charge in [-0.05, 0) is 69.9 Å². The number of anilines is 1. The smallest absolute Gasteiger partial charge is 0.264 e. The highest BCUT2D eigenvalue weighted by Crippen LogP contribution is 2.28. The predicted molar refractivity (Wildman–Crippen MR) is 161 cm³/mol. The molecule has 0 bridgehead atoms. The van der Waals surface area contributed by atoms with E-state index in [9.17, 15) is 18.0 Å². The molecular formula is C32H41N3O4S. The molecule has 2 amide bonds. The first-order valence-corrected chi connectivity index (χ1v) is 15.2. The Morgan fingerprint density at radius 3 is 2.15 bits per heavy atom. The second kappa shape index (κ2) is 13.6. The lowest BCUT2D eigenvalue weighted by atomic mass is 10.1. The minimum absolute atomic E-state index is 0.103. The average molecular weight is 564 g/mol. The summed E-state index contributed by atoms with van der Waals surface area (Å²) in [4.78, 5) is 29.1. The van der Waals surface area contributed by atoms with Gasteiger partial charge in [0.2, 0.25) is 11.8 Å². The molecule has 0 aliphatic heterocycles. The Morgan fingerprint density at radius 2 is 1.55 bits per heavy atom. The molecule has 0 radical (unpaired) electrons. The van der Waals surface area contributed by atoms with Crippen LogP contribution in [0.3, 0.4) is 0 Å². The van der Waals surface area contributed by atoms with Crippen molar-refractivity contribution in [3.8, 4) is 0 Å². The van der Waals surface area contributed by atoms with Gasteiger partial charge in [-0.25, -0.2) is 8.42 Å². The number of sulfonamides is 1. The third-order valence-electron chi connectivity index (χ3n) is 6.78. The van der Waals surface area contributed by atoms with Gasteiger partial charge in [0.15, 0.2) is 0 Å². The maximum Gasteiger partial charge on any atom is 0.264 e. The minimum Gasteiger partial charge on any atom is -0.352 e. The SMILES string of the molecule is CCc1ccccc1N(CC(=O)N(Cc1cccc(C)c1)[C@H](CC)C(=O)NC(C)C)S(=O)(=O)c1ccc(C)cc1. The Labute approximate surface area is 239 Å². The van der Waals surface area contributed by atoms with E-state index in [1.165, 1.54) is 9.21 Å². The van der Waals surface area contributed by atoms with Crippen LogP contribution < -0.4 is 9.62 Å². The average Bonchev–Trinajstić information content (AvgIpc) is 2.91. The molecule has 1 N–H and O–H groups in total. The van der Waals surface area contributed by atoms with Crippen molar-refractivity contribution in [1.82, 2.24) is 10.2 Å². The van der Waals surface area contributed by atoms with Gasteiger partial charge in [0.1, 0.15) is 12.6 Å². The van der Waals surface area contributed by atoms with Crippen LogP contribution in [-0.4, -0.2) is 43.8 Å². The van der Waals surface area contributed by atoms with Gasteiger partial charge in [0.25, 0.3) is 10.0 Å². The number of hydrogen-bond donors (Lipinski definition) is 1. The fraction of sp³-hybridized carbons (Fsp3) is 0.375. The molecule has 3 aromatic carbocycles. The molecule has 3 rings (SSSR count). The molecule has 0 aliphatic carbocycles. The molecule has 0 aliphatic rings. The number of para-hydroxylation sites is 1. The first-order valence-electron chi connectivity index (χ1n) is 13.8. The van der Waals surface area contributed by atoms with Crippen molar-refractivity contribution in [2.75, 3.05) is 10.8 Å². The van der Waals surface area contributed by atoms with Crippen LogP contribution in [0, 0.1) is 13.8 Å². The van der Waals surface area contributed by atoms with Gasteiger partial charge in [-0.3, -0.25) is 13.9 Å². The minimum atomic E-state index is -4.10. The fourth-order valence-electron chi connectivity index (χ4n) is 4.71. The number of nitrogens with zero attached hydrogens (tertiary/aromatic N) is 2. The third-order valence-corrected chi connectivity index (χ3v) is 8.56. The van der Waals surface area contributed by atoms with Crippen molar-refractivity contribution >= 4 is 27.5 Å². The molecule has 0 saturated heterocycles. The number of benzene rings is 3. The van der Waals surface area contributed by atoms with E-state index in [1.807, 2.05) is 77.9 Å². The normalized spacial score (nSPS) is 12.2. The van der Waals surface area contributed by atoms with Crippen LogP contribution in [0.25, 0.3) is 0 Å². The summed E-state index contributed by atoms with van der Waals surface area (Å²) in [6.07, 6.45) is 0.970. The lowest BCUT2D eigenvalue weighted by Crippen LogP contribution is -2.53. The summed E-state index contributed by atoms with van der Waals surface area (Å²) < 4.78 is 29.3. The largest absolute Gasteiger partial charge is 0.352 e. The summed E-state index contributed by atoms with van der Waals surface area (Å²) in [5.41, 5.74) is 4.09. The zero-order valence-corrected chi connectivity index (χ0v) is 25.2. The monoisotopic (exact) mass is 563 g/mol. The lowest BCUT2D eigenvalue weighted by molar-refractivity contribution is -0.140. The molecule has 1 atom stereocenters. The second-order valence-electron chi connectivity index (χ2n) is 10.4. The summed E-state index contributed by atoms with van der Waals surface area (Å²) in [5.74, 6) is -0.714. The Morgan fingerprint density at radius 1 is 0.875 bits per heavy atom. The zero-order valence-electron chi connectivity index (χ0n) is 24.3. The highest BCUT2D eigenvalue weighted by Gasteiger charge is 2.34. The third kappa shape index (κ3) is 7.50. The van der Waals surface area contributed by atoms with Gasteiger partial charge < -0.3 is 10.2 Å². The van der Waals surface area contributed by atoms with E-state index in [1.54, 1.807) is 36.4 Å². The molecule has 7 nitrogen and oxygen atoms in total. The van der Waals surface area contributed by atoms with Crippen molar-refractivity contribution in [1.29, 1.82) is 0 Å². The van der Waals surface area contributed by atoms with Gasteiger partial charge in [0, 0.05) is 12.6 Å². The highest BCUT2D eigenvalue weighted by atomic mass is 32.2. The summed E-state index contributed by atoms with van der Waals surface area (Å²) in [6.45, 7) is 11.1. The highest BCUT2D eigenvalue weighted by molar-refractivity contribution is 7.92. The van der Waals surface area contributed by atoms with Crippen LogP contribution >= 0.6 is 0 Å². The van der Waals surface area contributed by atoms with Crippen LogP contribution in [0.2, 0.25) is 0 Å². The molecule has 3 aromatic rings. The van der Waals surface area contributed by atoms with E-state index in [4.69, 9.17) is 0 Å². The lowest BCUT2D eigenvalue weighted by Gasteiger charge is -2.34. The van der Waals surface area contributed by atoms with Crippen molar-refractivity contribution in [2.45, 2.75) is 77.9 Å². The molecule has 214 valence electrons. The molecule has 0 unspecified atom stereocenters. The maximum absolute atomic E-state index is 14.2. The second-order valence-corrected chi connectivity index (χ2v) is 12.3. The summed E-state index contributed by atoms with van der Waals surface area (Å²) in [5, 5.41) is 2.93. The van der Waals surface area contributed by atoms with Crippen molar-refractivity contribution in [3.63, 3.8) is 0 Å². The maximum atomic E-state index is 14.2. The Balaban J connectivity index is 2.10. The molecule has 0 fully saturated rings. The molecule has 0 saturated carbocycles. The van der Waals surface area contributed by atoms with Crippen molar-refractivity contribution in [3.05, 3.63) is 95.1 Å². The molecule has 40 heavy (non-hydrogen) atoms. The van der Waals surface area contributed by atoms with E-state index in [2.05, 4.69) is 5.32 Å². The van der Waals surface area contributed by atoms with Crippen LogP contribution in [0.4, 0.5) is 5.69 Å². The van der Waals surface area contributed by atoms with Gasteiger partial charge in [-0.15, -0.1) is 0 Å². The molecule has 8 heteroatoms. The van der Waals surface area contributed by atoms with Gasteiger partial charge in [-0.2, -0.15) is 0 Å². The van der Waals surface area contributed by atoms with E-state index in [-0.39, 0.29) is 23.4 Å². The first-order chi connectivity index (χ1) is 19.0. The van der Waals surface area contributed by atoms with E-state index >= 15 is 0 Å². The quantitative estimate of drug-likeness (QED) is 0.320. The predicted octanol–water partition coefficient (Wildman–Crippen LogP) is 5.39. The van der Waals surface area contributed by atoms with Gasteiger partial charge in [0.05, 0.1) is 10.6 Å². The summed E-state index contributed by atoms with van der Waals surface area (Å²) >= 11 is 0. The van der Waals surface area contributed by atoms with Gasteiger partial charge in [-0.1, -0.05) is 79.6 Å². The first kappa shape index (κ1) is 30.9. The molecular weight excluding hydrogens is 522 g/mol. The fourth-order valence-corrected chi connectivity index (χ4v) is 6.16. The van der Waals surface area contributed by atoms with Crippen molar-refractivity contribution in [2.24, 2.45) is 0 Å². The topological polar surface area (TPSA) is 86.8 Å². The number of hydrogen-bond acceptors (Lipinski definition) is 4. The Hall–Kier alpha value is -3.65. The van der Waals surface area contributed by atoms with Crippen LogP contribution in [0.5, 0.6) is 0 Å². The van der Waals surface area contributed by atoms with E-state index in [0.29, 0.717) is 18.5 Å². The number of nitrogens with one attached hydrogen (secondary N) is 1.